The lowest BCUT2D eigenvalue weighted by molar-refractivity contribution is -0.141. The van der Waals surface area contributed by atoms with Gasteiger partial charge in [-0.2, -0.15) is 0 Å². The van der Waals surface area contributed by atoms with Crippen LogP contribution in [0.1, 0.15) is 32.3 Å². The van der Waals surface area contributed by atoms with Crippen molar-refractivity contribution in [1.29, 1.82) is 0 Å². The van der Waals surface area contributed by atoms with Gasteiger partial charge < -0.3 is 10.6 Å². The molecule has 0 aliphatic carbocycles. The Balaban J connectivity index is 2.20. The van der Waals surface area contributed by atoms with Crippen molar-refractivity contribution in [3.8, 4) is 0 Å². The van der Waals surface area contributed by atoms with E-state index in [0.717, 1.165) is 5.56 Å². The van der Waals surface area contributed by atoms with Crippen LogP contribution in [0.4, 0.5) is 0 Å². The van der Waals surface area contributed by atoms with Crippen molar-refractivity contribution in [3.05, 3.63) is 35.9 Å². The van der Waals surface area contributed by atoms with E-state index in [9.17, 15) is 14.4 Å². The summed E-state index contributed by atoms with van der Waals surface area (Å²) < 4.78 is 0. The fourth-order valence-corrected chi connectivity index (χ4v) is 2.48. The van der Waals surface area contributed by atoms with Crippen molar-refractivity contribution in [2.75, 3.05) is 6.54 Å². The monoisotopic (exact) mass is 288 g/mol. The molecular weight excluding hydrogens is 268 g/mol. The van der Waals surface area contributed by atoms with Gasteiger partial charge in [-0.05, 0) is 26.3 Å². The minimum Gasteiger partial charge on any atom is -0.355 e. The van der Waals surface area contributed by atoms with Gasteiger partial charge in [-0.3, -0.25) is 14.4 Å². The zero-order valence-electron chi connectivity index (χ0n) is 12.5. The van der Waals surface area contributed by atoms with E-state index in [2.05, 4.69) is 10.6 Å². The first-order valence-corrected chi connectivity index (χ1v) is 6.98. The number of hydrogen-bond acceptors (Lipinski definition) is 3. The Morgan fingerprint density at radius 2 is 1.81 bits per heavy atom. The molecule has 1 aliphatic heterocycles. The molecule has 21 heavy (non-hydrogen) atoms. The van der Waals surface area contributed by atoms with Gasteiger partial charge in [-0.1, -0.05) is 30.3 Å². The molecule has 0 spiro atoms. The summed E-state index contributed by atoms with van der Waals surface area (Å²) in [5.74, 6) is -2.63. The van der Waals surface area contributed by atoms with Crippen molar-refractivity contribution in [2.24, 2.45) is 5.92 Å². The minimum atomic E-state index is -0.651. The predicted molar refractivity (Wildman–Crippen MR) is 78.6 cm³/mol. The number of nitrogens with one attached hydrogen (secondary N) is 2. The van der Waals surface area contributed by atoms with Crippen molar-refractivity contribution < 1.29 is 14.4 Å². The number of carbonyl (C=O) groups is 3. The Labute approximate surface area is 124 Å². The molecule has 2 atom stereocenters. The van der Waals surface area contributed by atoms with Crippen molar-refractivity contribution in [2.45, 2.75) is 32.2 Å². The van der Waals surface area contributed by atoms with Gasteiger partial charge in [-0.15, -0.1) is 0 Å². The molecule has 0 saturated carbocycles. The number of hydrogen-bond donors (Lipinski definition) is 2. The molecule has 1 saturated heterocycles. The second-order valence-electron chi connectivity index (χ2n) is 6.31. The molecule has 1 heterocycles. The zero-order chi connectivity index (χ0) is 15.6. The first kappa shape index (κ1) is 15.2. The van der Waals surface area contributed by atoms with Gasteiger partial charge in [0.15, 0.2) is 0 Å². The molecule has 0 bridgehead atoms. The van der Waals surface area contributed by atoms with Crippen LogP contribution < -0.4 is 10.6 Å². The van der Waals surface area contributed by atoms with Crippen LogP contribution in [-0.2, 0) is 14.4 Å². The van der Waals surface area contributed by atoms with Crippen LogP contribution in [-0.4, -0.2) is 29.7 Å². The molecule has 0 aromatic heterocycles. The predicted octanol–water partition coefficient (Wildman–Crippen LogP) is 1.00. The third-order valence-electron chi connectivity index (χ3n) is 3.39. The van der Waals surface area contributed by atoms with Gasteiger partial charge in [0, 0.05) is 12.1 Å². The maximum absolute atomic E-state index is 12.3. The molecule has 0 radical (unpaired) electrons. The Bertz CT molecular complexity index is 561. The second kappa shape index (κ2) is 5.68. The van der Waals surface area contributed by atoms with Gasteiger partial charge >= 0.3 is 0 Å². The van der Waals surface area contributed by atoms with Crippen LogP contribution in [0, 0.1) is 5.92 Å². The summed E-state index contributed by atoms with van der Waals surface area (Å²) in [6.07, 6.45) is 0. The molecule has 1 aromatic carbocycles. The number of benzene rings is 1. The highest BCUT2D eigenvalue weighted by molar-refractivity contribution is 6.38. The highest BCUT2D eigenvalue weighted by Crippen LogP contribution is 2.29. The van der Waals surface area contributed by atoms with Crippen LogP contribution >= 0.6 is 0 Å². The number of Topliss-reactive ketones (excluding diaryl/α,β-unsaturated/α-hetero) is 1. The molecule has 1 aromatic rings. The summed E-state index contributed by atoms with van der Waals surface area (Å²) in [5, 5.41) is 5.33. The summed E-state index contributed by atoms with van der Waals surface area (Å²) in [4.78, 5) is 36.4. The smallest absolute Gasteiger partial charge is 0.288 e. The molecule has 2 amide bonds. The number of ketones is 1. The molecule has 1 aliphatic rings. The summed E-state index contributed by atoms with van der Waals surface area (Å²) in [7, 11) is 0. The van der Waals surface area contributed by atoms with E-state index in [1.165, 1.54) is 0 Å². The van der Waals surface area contributed by atoms with E-state index < -0.39 is 29.1 Å². The maximum atomic E-state index is 12.3. The van der Waals surface area contributed by atoms with E-state index in [1.54, 1.807) is 12.1 Å². The van der Waals surface area contributed by atoms with Crippen LogP contribution in [0.15, 0.2) is 30.3 Å². The van der Waals surface area contributed by atoms with E-state index in [-0.39, 0.29) is 12.5 Å². The molecule has 1 fully saturated rings. The molecule has 2 N–H and O–H groups in total. The van der Waals surface area contributed by atoms with Crippen molar-refractivity contribution in [3.63, 3.8) is 0 Å². The Morgan fingerprint density at radius 3 is 2.38 bits per heavy atom. The zero-order valence-corrected chi connectivity index (χ0v) is 12.5. The van der Waals surface area contributed by atoms with Gasteiger partial charge in [0.25, 0.3) is 5.91 Å². The fraction of sp³-hybridized carbons (Fsp3) is 0.438. The quantitative estimate of drug-likeness (QED) is 0.815. The third-order valence-corrected chi connectivity index (χ3v) is 3.39. The van der Waals surface area contributed by atoms with E-state index in [0.29, 0.717) is 0 Å². The van der Waals surface area contributed by atoms with Gasteiger partial charge in [0.1, 0.15) is 0 Å². The number of amides is 2. The highest BCUT2D eigenvalue weighted by atomic mass is 16.2. The van der Waals surface area contributed by atoms with Crippen LogP contribution in [0.25, 0.3) is 0 Å². The first-order chi connectivity index (χ1) is 9.79. The second-order valence-corrected chi connectivity index (χ2v) is 6.31. The maximum Gasteiger partial charge on any atom is 0.288 e. The molecule has 5 heteroatoms. The van der Waals surface area contributed by atoms with E-state index >= 15 is 0 Å². The molecule has 0 unspecified atom stereocenters. The Hall–Kier alpha value is -2.17. The summed E-state index contributed by atoms with van der Waals surface area (Å²) >= 11 is 0. The van der Waals surface area contributed by atoms with Crippen molar-refractivity contribution in [1.82, 2.24) is 10.6 Å². The molecule has 5 nitrogen and oxygen atoms in total. The summed E-state index contributed by atoms with van der Waals surface area (Å²) in [6, 6.07) is 9.09. The lowest BCUT2D eigenvalue weighted by Crippen LogP contribution is -2.46. The van der Waals surface area contributed by atoms with Crippen molar-refractivity contribution >= 4 is 17.6 Å². The lowest BCUT2D eigenvalue weighted by Gasteiger charge is -2.22. The third kappa shape index (κ3) is 3.48. The van der Waals surface area contributed by atoms with E-state index in [1.807, 2.05) is 39.0 Å². The van der Waals surface area contributed by atoms with E-state index in [4.69, 9.17) is 0 Å². The Morgan fingerprint density at radius 1 is 1.19 bits per heavy atom. The highest BCUT2D eigenvalue weighted by Gasteiger charge is 2.42. The normalized spacial score (nSPS) is 21.8. The van der Waals surface area contributed by atoms with Gasteiger partial charge in [0.2, 0.25) is 11.7 Å². The fourth-order valence-electron chi connectivity index (χ4n) is 2.48. The molecular formula is C16H20N2O3. The lowest BCUT2D eigenvalue weighted by atomic mass is 9.85. The summed E-state index contributed by atoms with van der Waals surface area (Å²) in [6.45, 7) is 5.63. The summed E-state index contributed by atoms with van der Waals surface area (Å²) in [5.41, 5.74) is 0.278. The number of carbonyl (C=O) groups excluding carboxylic acids is 3. The average Bonchev–Trinajstić information content (AvgIpc) is 2.78. The minimum absolute atomic E-state index is 0.203. The largest absolute Gasteiger partial charge is 0.355 e. The molecule has 2 rings (SSSR count). The SMILES string of the molecule is CC(C)(C)NC(=O)C(=O)[C@H]1CNC(=O)[C@@H]1c1ccccc1. The van der Waals surface area contributed by atoms with Crippen LogP contribution in [0.3, 0.4) is 0 Å². The average molecular weight is 288 g/mol. The van der Waals surface area contributed by atoms with Gasteiger partial charge in [-0.25, -0.2) is 0 Å². The first-order valence-electron chi connectivity index (χ1n) is 6.98. The Kier molecular flexibility index (Phi) is 4.11. The van der Waals surface area contributed by atoms with Crippen LogP contribution in [0.5, 0.6) is 0 Å². The van der Waals surface area contributed by atoms with Gasteiger partial charge in [0.05, 0.1) is 11.8 Å². The number of rotatable bonds is 3. The topological polar surface area (TPSA) is 75.3 Å². The molecule has 112 valence electrons. The van der Waals surface area contributed by atoms with Crippen LogP contribution in [0.2, 0.25) is 0 Å². The standard InChI is InChI=1S/C16H20N2O3/c1-16(2,3)18-15(21)13(19)11-9-17-14(20)12(11)10-7-5-4-6-8-10/h4-8,11-12H,9H2,1-3H3,(H,17,20)(H,18,21)/t11-,12+/m0/s1.